The Morgan fingerprint density at radius 1 is 1.50 bits per heavy atom. The third-order valence-corrected chi connectivity index (χ3v) is 2.80. The van der Waals surface area contributed by atoms with Gasteiger partial charge in [0.05, 0.1) is 0 Å². The number of hydrogen-bond acceptors (Lipinski definition) is 4. The van der Waals surface area contributed by atoms with Crippen LogP contribution in [0.4, 0.5) is 0 Å². The Labute approximate surface area is 106 Å². The fourth-order valence-electron chi connectivity index (χ4n) is 1.87. The van der Waals surface area contributed by atoms with Crippen LogP contribution in [-0.2, 0) is 6.42 Å². The van der Waals surface area contributed by atoms with Crippen LogP contribution in [0.2, 0.25) is 0 Å². The van der Waals surface area contributed by atoms with Crippen molar-refractivity contribution in [3.63, 3.8) is 0 Å². The van der Waals surface area contributed by atoms with Crippen molar-refractivity contribution in [3.8, 4) is 0 Å². The highest BCUT2D eigenvalue weighted by atomic mass is 16.3. The molecule has 0 fully saturated rings. The van der Waals surface area contributed by atoms with E-state index < -0.39 is 5.91 Å². The van der Waals surface area contributed by atoms with E-state index in [2.05, 4.69) is 9.88 Å². The smallest absolute Gasteiger partial charge is 0.254 e. The number of nitrogens with zero attached hydrogens (tertiary/aromatic N) is 2. The zero-order valence-corrected chi connectivity index (χ0v) is 10.6. The van der Waals surface area contributed by atoms with Crippen molar-refractivity contribution >= 4 is 17.0 Å². The molecule has 2 aromatic heterocycles. The van der Waals surface area contributed by atoms with Gasteiger partial charge in [0, 0.05) is 6.20 Å². The average molecular weight is 247 g/mol. The molecule has 96 valence electrons. The topological polar surface area (TPSA) is 72.4 Å². The Balaban J connectivity index is 2.16. The molecule has 0 aliphatic carbocycles. The van der Waals surface area contributed by atoms with E-state index in [1.165, 1.54) is 6.26 Å². The minimum atomic E-state index is -0.512. The van der Waals surface area contributed by atoms with Crippen LogP contribution < -0.4 is 5.73 Å². The van der Waals surface area contributed by atoms with E-state index in [0.717, 1.165) is 24.9 Å². The van der Waals surface area contributed by atoms with Gasteiger partial charge in [-0.25, -0.2) is 0 Å². The Morgan fingerprint density at radius 3 is 2.94 bits per heavy atom. The summed E-state index contributed by atoms with van der Waals surface area (Å²) in [6.45, 7) is 1.03. The molecule has 0 aliphatic rings. The van der Waals surface area contributed by atoms with Crippen molar-refractivity contribution in [1.29, 1.82) is 0 Å². The number of aryl methyl sites for hydroxylation is 1. The van der Waals surface area contributed by atoms with Crippen molar-refractivity contribution in [2.45, 2.75) is 12.8 Å². The van der Waals surface area contributed by atoms with Gasteiger partial charge in [-0.15, -0.1) is 0 Å². The maximum Gasteiger partial charge on any atom is 0.254 e. The molecule has 0 radical (unpaired) electrons. The Kier molecular flexibility index (Phi) is 3.62. The maximum absolute atomic E-state index is 11.1. The predicted molar refractivity (Wildman–Crippen MR) is 69.4 cm³/mol. The molecule has 0 spiro atoms. The van der Waals surface area contributed by atoms with Crippen LogP contribution in [0.15, 0.2) is 22.9 Å². The molecule has 2 heterocycles. The van der Waals surface area contributed by atoms with Crippen LogP contribution in [0, 0.1) is 0 Å². The third-order valence-electron chi connectivity index (χ3n) is 2.80. The lowest BCUT2D eigenvalue weighted by atomic mass is 10.1. The SMILES string of the molecule is CN(C)CCCc1cnc2c(C(N)=O)coc2c1. The molecule has 18 heavy (non-hydrogen) atoms. The fourth-order valence-corrected chi connectivity index (χ4v) is 1.87. The highest BCUT2D eigenvalue weighted by molar-refractivity contribution is 6.03. The number of nitrogens with two attached hydrogens (primary N) is 1. The van der Waals surface area contributed by atoms with Crippen molar-refractivity contribution < 1.29 is 9.21 Å². The van der Waals surface area contributed by atoms with Crippen LogP contribution in [0.3, 0.4) is 0 Å². The highest BCUT2D eigenvalue weighted by Gasteiger charge is 2.12. The van der Waals surface area contributed by atoms with Gasteiger partial charge < -0.3 is 15.1 Å². The van der Waals surface area contributed by atoms with E-state index in [4.69, 9.17) is 10.2 Å². The first-order valence-electron chi connectivity index (χ1n) is 5.88. The standard InChI is InChI=1S/C13H17N3O2/c1-16(2)5-3-4-9-6-11-12(15-7-9)10(8-18-11)13(14)17/h6-8H,3-5H2,1-2H3,(H2,14,17). The number of aromatic nitrogens is 1. The molecule has 0 aromatic carbocycles. The van der Waals surface area contributed by atoms with Gasteiger partial charge in [-0.3, -0.25) is 9.78 Å². The number of hydrogen-bond donors (Lipinski definition) is 1. The van der Waals surface area contributed by atoms with Gasteiger partial charge in [-0.2, -0.15) is 0 Å². The zero-order chi connectivity index (χ0) is 13.1. The van der Waals surface area contributed by atoms with E-state index in [9.17, 15) is 4.79 Å². The Hall–Kier alpha value is -1.88. The first kappa shape index (κ1) is 12.6. The van der Waals surface area contributed by atoms with Gasteiger partial charge in [-0.1, -0.05) is 0 Å². The van der Waals surface area contributed by atoms with E-state index in [-0.39, 0.29) is 0 Å². The van der Waals surface area contributed by atoms with Gasteiger partial charge >= 0.3 is 0 Å². The zero-order valence-electron chi connectivity index (χ0n) is 10.6. The first-order valence-corrected chi connectivity index (χ1v) is 5.88. The minimum Gasteiger partial charge on any atom is -0.462 e. The average Bonchev–Trinajstić information content (AvgIpc) is 2.71. The molecule has 0 atom stereocenters. The summed E-state index contributed by atoms with van der Waals surface area (Å²) in [4.78, 5) is 17.5. The second-order valence-electron chi connectivity index (χ2n) is 4.61. The van der Waals surface area contributed by atoms with Crippen molar-refractivity contribution in [3.05, 3.63) is 29.7 Å². The monoisotopic (exact) mass is 247 g/mol. The lowest BCUT2D eigenvalue weighted by Crippen LogP contribution is -2.13. The largest absolute Gasteiger partial charge is 0.462 e. The number of rotatable bonds is 5. The lowest BCUT2D eigenvalue weighted by molar-refractivity contribution is 0.100. The van der Waals surface area contributed by atoms with E-state index in [0.29, 0.717) is 16.7 Å². The molecular weight excluding hydrogens is 230 g/mol. The molecule has 2 rings (SSSR count). The normalized spacial score (nSPS) is 11.3. The molecule has 1 amide bonds. The van der Waals surface area contributed by atoms with Crippen molar-refractivity contribution in [2.75, 3.05) is 20.6 Å². The summed E-state index contributed by atoms with van der Waals surface area (Å²) in [7, 11) is 4.10. The van der Waals surface area contributed by atoms with Gasteiger partial charge in [-0.05, 0) is 45.1 Å². The molecule has 0 bridgehead atoms. The number of carbonyl (C=O) groups is 1. The Bertz CT molecular complexity index is 560. The molecular formula is C13H17N3O2. The third kappa shape index (κ3) is 2.68. The second kappa shape index (κ2) is 5.18. The fraction of sp³-hybridized carbons (Fsp3) is 0.385. The van der Waals surface area contributed by atoms with Crippen LogP contribution in [0.5, 0.6) is 0 Å². The van der Waals surface area contributed by atoms with Crippen LogP contribution in [0.1, 0.15) is 22.3 Å². The number of fused-ring (bicyclic) bond motifs is 1. The van der Waals surface area contributed by atoms with Crippen molar-refractivity contribution in [1.82, 2.24) is 9.88 Å². The van der Waals surface area contributed by atoms with E-state index in [1.54, 1.807) is 6.20 Å². The Morgan fingerprint density at radius 2 is 2.28 bits per heavy atom. The van der Waals surface area contributed by atoms with Gasteiger partial charge in [0.1, 0.15) is 17.3 Å². The summed E-state index contributed by atoms with van der Waals surface area (Å²) in [6, 6.07) is 1.92. The highest BCUT2D eigenvalue weighted by Crippen LogP contribution is 2.20. The number of primary amides is 1. The molecule has 2 N–H and O–H groups in total. The maximum atomic E-state index is 11.1. The number of furan rings is 1. The van der Waals surface area contributed by atoms with E-state index >= 15 is 0 Å². The summed E-state index contributed by atoms with van der Waals surface area (Å²) in [5.41, 5.74) is 7.83. The molecule has 5 heteroatoms. The molecule has 2 aromatic rings. The van der Waals surface area contributed by atoms with Crippen LogP contribution in [-0.4, -0.2) is 36.4 Å². The summed E-state index contributed by atoms with van der Waals surface area (Å²) in [5.74, 6) is -0.512. The number of carbonyl (C=O) groups excluding carboxylic acids is 1. The van der Waals surface area contributed by atoms with Gasteiger partial charge in [0.25, 0.3) is 5.91 Å². The molecule has 0 unspecified atom stereocenters. The van der Waals surface area contributed by atoms with Gasteiger partial charge in [0.2, 0.25) is 0 Å². The minimum absolute atomic E-state index is 0.338. The van der Waals surface area contributed by atoms with E-state index in [1.807, 2.05) is 20.2 Å². The number of pyridine rings is 1. The second-order valence-corrected chi connectivity index (χ2v) is 4.61. The van der Waals surface area contributed by atoms with Crippen LogP contribution in [0.25, 0.3) is 11.1 Å². The first-order chi connectivity index (χ1) is 8.58. The van der Waals surface area contributed by atoms with Crippen molar-refractivity contribution in [2.24, 2.45) is 5.73 Å². The molecule has 0 saturated heterocycles. The summed E-state index contributed by atoms with van der Waals surface area (Å²) in [5, 5.41) is 0. The van der Waals surface area contributed by atoms with Crippen LogP contribution >= 0.6 is 0 Å². The van der Waals surface area contributed by atoms with Gasteiger partial charge in [0.15, 0.2) is 5.58 Å². The summed E-state index contributed by atoms with van der Waals surface area (Å²) < 4.78 is 5.30. The summed E-state index contributed by atoms with van der Waals surface area (Å²) in [6.07, 6.45) is 5.14. The summed E-state index contributed by atoms with van der Waals surface area (Å²) >= 11 is 0. The predicted octanol–water partition coefficient (Wildman–Crippen LogP) is 1.42. The number of amides is 1. The molecule has 5 nitrogen and oxygen atoms in total. The lowest BCUT2D eigenvalue weighted by Gasteiger charge is -2.08. The molecule has 0 saturated carbocycles. The quantitative estimate of drug-likeness (QED) is 0.867. The molecule has 0 aliphatic heterocycles.